The van der Waals surface area contributed by atoms with Gasteiger partial charge in [-0.05, 0) is 0 Å². The number of carbonyl (C=O) groups is 3. The minimum Gasteiger partial charge on any atom is -0.478 e. The van der Waals surface area contributed by atoms with Crippen LogP contribution in [-0.4, -0.2) is 73.2 Å². The van der Waals surface area contributed by atoms with Crippen LogP contribution in [0.25, 0.3) is 0 Å². The third-order valence-electron chi connectivity index (χ3n) is 0.790. The number of carboxylic acids is 2. The Kier molecular flexibility index (Phi) is 17.4. The quantitative estimate of drug-likeness (QED) is 0.288. The van der Waals surface area contributed by atoms with Crippen molar-refractivity contribution in [2.24, 2.45) is 0 Å². The van der Waals surface area contributed by atoms with Crippen molar-refractivity contribution in [1.29, 1.82) is 0 Å². The van der Waals surface area contributed by atoms with E-state index < -0.39 is 24.2 Å². The van der Waals surface area contributed by atoms with Crippen molar-refractivity contribution in [1.82, 2.24) is 0 Å². The van der Waals surface area contributed by atoms with Gasteiger partial charge in [0.05, 0.1) is 13.2 Å². The van der Waals surface area contributed by atoms with Crippen LogP contribution in [0.4, 0.5) is 4.79 Å². The summed E-state index contributed by atoms with van der Waals surface area (Å²) < 4.78 is 0. The number of rotatable bonds is 4. The Morgan fingerprint density at radius 3 is 1.11 bits per heavy atom. The summed E-state index contributed by atoms with van der Waals surface area (Å²) in [6.07, 6.45) is -1.67. The maximum atomic E-state index is 9.55. The Balaban J connectivity index is -0.000000200. The first-order valence-electron chi connectivity index (χ1n) is 4.12. The molecule has 0 bridgehead atoms. The summed E-state index contributed by atoms with van der Waals surface area (Å²) in [6, 6.07) is 0. The molecule has 0 aromatic carbocycles. The van der Waals surface area contributed by atoms with Crippen LogP contribution in [0.5, 0.6) is 0 Å². The maximum absolute atomic E-state index is 9.55. The molecule has 0 aromatic rings. The highest BCUT2D eigenvalue weighted by atomic mass is 16.6. The molecule has 7 N–H and O–H groups in total. The van der Waals surface area contributed by atoms with Crippen LogP contribution in [0.3, 0.4) is 0 Å². The second-order valence-corrected chi connectivity index (χ2v) is 2.31. The van der Waals surface area contributed by atoms with Gasteiger partial charge in [-0.1, -0.05) is 0 Å². The summed E-state index contributed by atoms with van der Waals surface area (Å²) in [5.74, 6) is -2.51. The Bertz CT molecular complexity index is 247. The highest BCUT2D eigenvalue weighted by molar-refractivity contribution is 5.89. The molecule has 0 unspecified atom stereocenters. The fourth-order valence-electron chi connectivity index (χ4n) is 0.200. The van der Waals surface area contributed by atoms with Gasteiger partial charge >= 0.3 is 18.1 Å². The molecular formula is C8H14O10. The van der Waals surface area contributed by atoms with E-state index in [0.717, 1.165) is 0 Å². The van der Waals surface area contributed by atoms with Crippen LogP contribution in [0, 0.1) is 0 Å². The molecule has 0 fully saturated rings. The van der Waals surface area contributed by atoms with Crippen molar-refractivity contribution < 1.29 is 50.1 Å². The molecule has 0 aliphatic rings. The average Bonchev–Trinajstić information content (AvgIpc) is 2.25. The molecule has 0 atom stereocenters. The molecule has 0 amide bonds. The first-order chi connectivity index (χ1) is 8.17. The van der Waals surface area contributed by atoms with E-state index in [0.29, 0.717) is 12.2 Å². The van der Waals surface area contributed by atoms with Crippen LogP contribution in [0.15, 0.2) is 12.2 Å². The molecule has 0 rings (SSSR count). The van der Waals surface area contributed by atoms with E-state index in [-0.39, 0.29) is 13.2 Å². The van der Waals surface area contributed by atoms with Gasteiger partial charge in [-0.15, -0.1) is 0 Å². The number of aliphatic hydroxyl groups excluding tert-OH is 3. The minimum absolute atomic E-state index is 0.365. The first-order valence-corrected chi connectivity index (χ1v) is 4.12. The predicted octanol–water partition coefficient (Wildman–Crippen LogP) is -1.73. The fraction of sp³-hybridized carbons (Fsp3) is 0.375. The molecule has 18 heavy (non-hydrogen) atoms. The second-order valence-electron chi connectivity index (χ2n) is 2.31. The first kappa shape index (κ1) is 21.1. The standard InChI is InChI=1S/C4H4O4.C3H8O3.CH2O3/c5-3(6)1-2-4(7)8;4-1-3(6)2-5;2-1(3)4/h1-2H,(H,5,6)(H,7,8);3-6H,1-2H2;(H2,2,3,4)/b2-1-;;. The van der Waals surface area contributed by atoms with Crippen LogP contribution in [0.2, 0.25) is 0 Å². The SMILES string of the molecule is O=C(O)/C=C\C(=O)O.O=C(O)O.OCC(O)CO. The van der Waals surface area contributed by atoms with Gasteiger partial charge in [-0.25, -0.2) is 14.4 Å². The van der Waals surface area contributed by atoms with Crippen LogP contribution < -0.4 is 0 Å². The normalized spacial score (nSPS) is 8.89. The lowest BCUT2D eigenvalue weighted by molar-refractivity contribution is -0.134. The smallest absolute Gasteiger partial charge is 0.478 e. The maximum Gasteiger partial charge on any atom is 0.503 e. The monoisotopic (exact) mass is 270 g/mol. The molecule has 0 aliphatic carbocycles. The van der Waals surface area contributed by atoms with Gasteiger partial charge in [0.2, 0.25) is 0 Å². The van der Waals surface area contributed by atoms with Crippen molar-refractivity contribution in [3.63, 3.8) is 0 Å². The van der Waals surface area contributed by atoms with Gasteiger partial charge in [0.25, 0.3) is 0 Å². The summed E-state index contributed by atoms with van der Waals surface area (Å²) in [7, 11) is 0. The van der Waals surface area contributed by atoms with Gasteiger partial charge < -0.3 is 35.7 Å². The van der Waals surface area contributed by atoms with E-state index in [9.17, 15) is 9.59 Å². The van der Waals surface area contributed by atoms with E-state index in [1.54, 1.807) is 0 Å². The van der Waals surface area contributed by atoms with Gasteiger partial charge in [0, 0.05) is 12.2 Å². The zero-order valence-corrected chi connectivity index (χ0v) is 9.00. The number of hydrogen-bond donors (Lipinski definition) is 7. The lowest BCUT2D eigenvalue weighted by atomic mass is 10.4. The molecule has 0 spiro atoms. The number of aliphatic hydroxyl groups is 3. The molecule has 0 heterocycles. The van der Waals surface area contributed by atoms with Crippen molar-refractivity contribution in [2.75, 3.05) is 13.2 Å². The summed E-state index contributed by atoms with van der Waals surface area (Å²) in [5.41, 5.74) is 0. The largest absolute Gasteiger partial charge is 0.503 e. The van der Waals surface area contributed by atoms with E-state index in [2.05, 4.69) is 0 Å². The molecule has 0 aromatic heterocycles. The van der Waals surface area contributed by atoms with Gasteiger partial charge in [-0.3, -0.25) is 0 Å². The summed E-state index contributed by atoms with van der Waals surface area (Å²) in [6.45, 7) is -0.729. The predicted molar refractivity (Wildman–Crippen MR) is 55.2 cm³/mol. The molecular weight excluding hydrogens is 256 g/mol. The summed E-state index contributed by atoms with van der Waals surface area (Å²) >= 11 is 0. The van der Waals surface area contributed by atoms with Gasteiger partial charge in [0.15, 0.2) is 0 Å². The third kappa shape index (κ3) is 48.8. The Morgan fingerprint density at radius 1 is 0.833 bits per heavy atom. The molecule has 0 radical (unpaired) electrons. The molecule has 0 aliphatic heterocycles. The van der Waals surface area contributed by atoms with E-state index in [1.165, 1.54) is 0 Å². The Labute approximate surface area is 101 Å². The van der Waals surface area contributed by atoms with Gasteiger partial charge in [-0.2, -0.15) is 0 Å². The zero-order valence-electron chi connectivity index (χ0n) is 9.00. The zero-order chi connectivity index (χ0) is 15.1. The molecule has 10 nitrogen and oxygen atoms in total. The van der Waals surface area contributed by atoms with Crippen molar-refractivity contribution in [2.45, 2.75) is 6.10 Å². The number of hydrogen-bond acceptors (Lipinski definition) is 6. The number of carboxylic acid groups (broad SMARTS) is 4. The second kappa shape index (κ2) is 14.8. The molecule has 106 valence electrons. The van der Waals surface area contributed by atoms with Crippen LogP contribution in [-0.2, 0) is 9.59 Å². The summed E-state index contributed by atoms with van der Waals surface area (Å²) in [5, 5.41) is 53.6. The van der Waals surface area contributed by atoms with Crippen molar-refractivity contribution in [3.05, 3.63) is 12.2 Å². The average molecular weight is 270 g/mol. The number of aliphatic carboxylic acids is 2. The van der Waals surface area contributed by atoms with Crippen molar-refractivity contribution >= 4 is 18.1 Å². The Morgan fingerprint density at radius 2 is 1.06 bits per heavy atom. The topological polar surface area (TPSA) is 193 Å². The van der Waals surface area contributed by atoms with Crippen molar-refractivity contribution in [3.8, 4) is 0 Å². The lowest BCUT2D eigenvalue weighted by Gasteiger charge is -1.96. The highest BCUT2D eigenvalue weighted by Crippen LogP contribution is 1.71. The molecule has 0 saturated carbocycles. The third-order valence-corrected chi connectivity index (χ3v) is 0.790. The molecule has 10 heteroatoms. The highest BCUT2D eigenvalue weighted by Gasteiger charge is 1.93. The van der Waals surface area contributed by atoms with Gasteiger partial charge in [0.1, 0.15) is 6.10 Å². The summed E-state index contributed by atoms with van der Waals surface area (Å²) in [4.78, 5) is 27.7. The van der Waals surface area contributed by atoms with E-state index in [1.807, 2.05) is 0 Å². The fourth-order valence-corrected chi connectivity index (χ4v) is 0.200. The molecule has 0 saturated heterocycles. The lowest BCUT2D eigenvalue weighted by Crippen LogP contribution is -2.15. The van der Waals surface area contributed by atoms with Crippen LogP contribution >= 0.6 is 0 Å². The van der Waals surface area contributed by atoms with E-state index >= 15 is 0 Å². The Hall–Kier alpha value is -2.17. The van der Waals surface area contributed by atoms with Crippen LogP contribution in [0.1, 0.15) is 0 Å². The minimum atomic E-state index is -1.83. The van der Waals surface area contributed by atoms with E-state index in [4.69, 9.17) is 40.5 Å².